The summed E-state index contributed by atoms with van der Waals surface area (Å²) in [6.45, 7) is 0. The van der Waals surface area contributed by atoms with Crippen molar-refractivity contribution >= 4 is 29.0 Å². The van der Waals surface area contributed by atoms with E-state index in [1.54, 1.807) is 23.9 Å². The van der Waals surface area contributed by atoms with Gasteiger partial charge in [0, 0.05) is 19.2 Å². The summed E-state index contributed by atoms with van der Waals surface area (Å²) in [6, 6.07) is 7.21. The summed E-state index contributed by atoms with van der Waals surface area (Å²) in [6.07, 6.45) is 1.18. The number of aromatic nitrogens is 4. The van der Waals surface area contributed by atoms with E-state index in [1.165, 1.54) is 11.8 Å². The van der Waals surface area contributed by atoms with Crippen molar-refractivity contribution in [2.24, 2.45) is 7.05 Å². The number of anilines is 2. The van der Waals surface area contributed by atoms with Gasteiger partial charge >= 0.3 is 0 Å². The van der Waals surface area contributed by atoms with Gasteiger partial charge in [-0.25, -0.2) is 4.68 Å². The Balaban J connectivity index is 1.71. The van der Waals surface area contributed by atoms with Gasteiger partial charge in [0.15, 0.2) is 0 Å². The number of hydrogen-bond donors (Lipinski definition) is 2. The topological polar surface area (TPSA) is 98.7 Å². The van der Waals surface area contributed by atoms with Crippen LogP contribution in [-0.2, 0) is 11.8 Å². The van der Waals surface area contributed by atoms with E-state index in [9.17, 15) is 4.79 Å². The summed E-state index contributed by atoms with van der Waals surface area (Å²) < 4.78 is 1.61. The Kier molecular flexibility index (Phi) is 4.94. The minimum Gasteiger partial charge on any atom is -0.397 e. The van der Waals surface area contributed by atoms with Crippen molar-refractivity contribution in [1.82, 2.24) is 20.2 Å². The summed E-state index contributed by atoms with van der Waals surface area (Å²) in [5.74, 6) is 0.742. The molecule has 0 atom stereocenters. The number of carbonyl (C=O) groups excluding carboxylic acids is 1. The first-order chi connectivity index (χ1) is 9.66. The maximum Gasteiger partial charge on any atom is 0.224 e. The second-order valence-corrected chi connectivity index (χ2v) is 5.23. The molecule has 0 aliphatic heterocycles. The third-order valence-electron chi connectivity index (χ3n) is 2.60. The van der Waals surface area contributed by atoms with E-state index in [2.05, 4.69) is 20.8 Å². The summed E-state index contributed by atoms with van der Waals surface area (Å²) in [7, 11) is 1.78. The fraction of sp³-hybridized carbons (Fsp3) is 0.333. The summed E-state index contributed by atoms with van der Waals surface area (Å²) in [5.41, 5.74) is 6.99. The molecule has 0 saturated heterocycles. The first-order valence-electron chi connectivity index (χ1n) is 6.16. The van der Waals surface area contributed by atoms with Crippen LogP contribution in [0.25, 0.3) is 0 Å². The molecule has 7 nitrogen and oxygen atoms in total. The van der Waals surface area contributed by atoms with Crippen LogP contribution in [-0.4, -0.2) is 31.9 Å². The van der Waals surface area contributed by atoms with Gasteiger partial charge in [-0.05, 0) is 29.0 Å². The van der Waals surface area contributed by atoms with Crippen molar-refractivity contribution in [2.45, 2.75) is 18.0 Å². The lowest BCUT2D eigenvalue weighted by Gasteiger charge is -2.07. The van der Waals surface area contributed by atoms with Crippen LogP contribution >= 0.6 is 11.8 Å². The Bertz CT molecular complexity index is 585. The number of hydrogen-bond acceptors (Lipinski definition) is 6. The maximum absolute atomic E-state index is 11.8. The lowest BCUT2D eigenvalue weighted by atomic mass is 10.2. The predicted octanol–water partition coefficient (Wildman–Crippen LogP) is 1.30. The van der Waals surface area contributed by atoms with Gasteiger partial charge in [-0.1, -0.05) is 23.9 Å². The molecule has 106 valence electrons. The zero-order valence-corrected chi connectivity index (χ0v) is 11.9. The Morgan fingerprint density at radius 2 is 2.25 bits per heavy atom. The Labute approximate surface area is 120 Å². The fourth-order valence-corrected chi connectivity index (χ4v) is 2.35. The van der Waals surface area contributed by atoms with Crippen molar-refractivity contribution in [3.05, 3.63) is 24.3 Å². The molecule has 20 heavy (non-hydrogen) atoms. The predicted molar refractivity (Wildman–Crippen MR) is 78.2 cm³/mol. The molecule has 0 spiro atoms. The van der Waals surface area contributed by atoms with Crippen molar-refractivity contribution in [3.8, 4) is 0 Å². The quantitative estimate of drug-likeness (QED) is 0.473. The van der Waals surface area contributed by atoms with Crippen molar-refractivity contribution < 1.29 is 4.79 Å². The minimum absolute atomic E-state index is 0.0420. The highest BCUT2D eigenvalue weighted by Crippen LogP contribution is 2.18. The molecule has 0 radical (unpaired) electrons. The van der Waals surface area contributed by atoms with E-state index >= 15 is 0 Å². The van der Waals surface area contributed by atoms with Crippen LogP contribution in [0, 0.1) is 0 Å². The molecule has 2 aromatic rings. The molecule has 3 N–H and O–H groups in total. The molecule has 1 amide bonds. The number of carbonyl (C=O) groups is 1. The molecular weight excluding hydrogens is 276 g/mol. The zero-order chi connectivity index (χ0) is 14.4. The first kappa shape index (κ1) is 14.3. The summed E-state index contributed by atoms with van der Waals surface area (Å²) in [5, 5.41) is 14.7. The smallest absolute Gasteiger partial charge is 0.224 e. The normalized spacial score (nSPS) is 10.4. The number of tetrazole rings is 1. The third kappa shape index (κ3) is 3.95. The average Bonchev–Trinajstić information content (AvgIpc) is 2.83. The highest BCUT2D eigenvalue weighted by molar-refractivity contribution is 7.99. The van der Waals surface area contributed by atoms with E-state index in [1.807, 2.05) is 12.1 Å². The molecule has 0 fully saturated rings. The van der Waals surface area contributed by atoms with Crippen LogP contribution in [0.1, 0.15) is 12.8 Å². The number of para-hydroxylation sites is 2. The first-order valence-corrected chi connectivity index (χ1v) is 7.15. The molecule has 1 heterocycles. The SMILES string of the molecule is Cn1nnnc1SCCCC(=O)Nc1ccccc1N. The average molecular weight is 292 g/mol. The van der Waals surface area contributed by atoms with Crippen molar-refractivity contribution in [3.63, 3.8) is 0 Å². The van der Waals surface area contributed by atoms with Gasteiger partial charge in [0.25, 0.3) is 0 Å². The Hall–Kier alpha value is -2.09. The minimum atomic E-state index is -0.0420. The summed E-state index contributed by atoms with van der Waals surface area (Å²) in [4.78, 5) is 11.8. The molecule has 0 aliphatic rings. The lowest BCUT2D eigenvalue weighted by Crippen LogP contribution is -2.12. The van der Waals surface area contributed by atoms with Crippen molar-refractivity contribution in [2.75, 3.05) is 16.8 Å². The summed E-state index contributed by atoms with van der Waals surface area (Å²) >= 11 is 1.53. The largest absolute Gasteiger partial charge is 0.397 e. The van der Waals surface area contributed by atoms with E-state index in [-0.39, 0.29) is 5.91 Å². The van der Waals surface area contributed by atoms with Crippen molar-refractivity contribution in [1.29, 1.82) is 0 Å². The number of rotatable bonds is 6. The highest BCUT2D eigenvalue weighted by Gasteiger charge is 2.06. The third-order valence-corrected chi connectivity index (χ3v) is 3.69. The number of thioether (sulfide) groups is 1. The van der Waals surface area contributed by atoms with Crippen LogP contribution in [0.5, 0.6) is 0 Å². The molecule has 0 aliphatic carbocycles. The highest BCUT2D eigenvalue weighted by atomic mass is 32.2. The van der Waals surface area contributed by atoms with Gasteiger partial charge in [0.1, 0.15) is 0 Å². The Morgan fingerprint density at radius 3 is 2.95 bits per heavy atom. The molecule has 0 unspecified atom stereocenters. The molecule has 1 aromatic heterocycles. The number of nitrogens with zero attached hydrogens (tertiary/aromatic N) is 4. The molecule has 0 bridgehead atoms. The lowest BCUT2D eigenvalue weighted by molar-refractivity contribution is -0.116. The molecule has 8 heteroatoms. The molecule has 2 rings (SSSR count). The van der Waals surface area contributed by atoms with Gasteiger partial charge < -0.3 is 11.1 Å². The monoisotopic (exact) mass is 292 g/mol. The molecular formula is C12H16N6OS. The van der Waals surface area contributed by atoms with E-state index in [4.69, 9.17) is 5.73 Å². The number of nitrogens with two attached hydrogens (primary N) is 1. The van der Waals surface area contributed by atoms with E-state index < -0.39 is 0 Å². The zero-order valence-electron chi connectivity index (χ0n) is 11.1. The van der Waals surface area contributed by atoms with Crippen LogP contribution in [0.4, 0.5) is 11.4 Å². The second kappa shape index (κ2) is 6.90. The van der Waals surface area contributed by atoms with Crippen LogP contribution < -0.4 is 11.1 Å². The van der Waals surface area contributed by atoms with E-state index in [0.717, 1.165) is 17.3 Å². The fourth-order valence-electron chi connectivity index (χ4n) is 1.56. The van der Waals surface area contributed by atoms with Gasteiger partial charge in [-0.15, -0.1) is 5.10 Å². The van der Waals surface area contributed by atoms with Gasteiger partial charge in [0.05, 0.1) is 11.4 Å². The Morgan fingerprint density at radius 1 is 1.45 bits per heavy atom. The second-order valence-electron chi connectivity index (χ2n) is 4.17. The van der Waals surface area contributed by atoms with Crippen LogP contribution in [0.2, 0.25) is 0 Å². The maximum atomic E-state index is 11.8. The molecule has 0 saturated carbocycles. The number of nitrogen functional groups attached to an aromatic ring is 1. The number of benzene rings is 1. The van der Waals surface area contributed by atoms with Gasteiger partial charge in [0.2, 0.25) is 11.1 Å². The number of amides is 1. The van der Waals surface area contributed by atoms with Crippen LogP contribution in [0.3, 0.4) is 0 Å². The number of nitrogens with one attached hydrogen (secondary N) is 1. The standard InChI is InChI=1S/C12H16N6OS/c1-18-12(15-16-17-18)20-8-4-7-11(19)14-10-6-3-2-5-9(10)13/h2-3,5-6H,4,7-8,13H2,1H3,(H,14,19). The molecule has 1 aromatic carbocycles. The van der Waals surface area contributed by atoms with Crippen LogP contribution in [0.15, 0.2) is 29.4 Å². The van der Waals surface area contributed by atoms with Gasteiger partial charge in [-0.2, -0.15) is 0 Å². The van der Waals surface area contributed by atoms with Gasteiger partial charge in [-0.3, -0.25) is 4.79 Å². The van der Waals surface area contributed by atoms with E-state index in [0.29, 0.717) is 17.8 Å². The number of aryl methyl sites for hydroxylation is 1.